The molecule has 2 aromatic rings. The van der Waals surface area contributed by atoms with E-state index >= 15 is 0 Å². The normalized spacial score (nSPS) is 14.3. The number of benzene rings is 2. The van der Waals surface area contributed by atoms with Crippen molar-refractivity contribution in [3.63, 3.8) is 0 Å². The summed E-state index contributed by atoms with van der Waals surface area (Å²) in [7, 11) is -1.43. The van der Waals surface area contributed by atoms with Crippen LogP contribution in [0.1, 0.15) is 37.3 Å². The monoisotopic (exact) mass is 545 g/mol. The van der Waals surface area contributed by atoms with Crippen molar-refractivity contribution >= 4 is 26.0 Å². The first-order valence-corrected chi connectivity index (χ1v) is 13.7. The zero-order chi connectivity index (χ0) is 19.7. The van der Waals surface area contributed by atoms with Crippen LogP contribution in [0.15, 0.2) is 54.1 Å². The Kier molecular flexibility index (Phi) is 10.9. The Bertz CT molecular complexity index is 1190. The van der Waals surface area contributed by atoms with Crippen molar-refractivity contribution in [1.29, 1.82) is 0 Å². The second kappa shape index (κ2) is 12.0. The predicted octanol–water partition coefficient (Wildman–Crippen LogP) is -0.856. The van der Waals surface area contributed by atoms with Crippen molar-refractivity contribution < 1.29 is 55.4 Å². The fourth-order valence-electron chi connectivity index (χ4n) is 4.19. The zero-order valence-corrected chi connectivity index (χ0v) is 23.7. The molecule has 31 heavy (non-hydrogen) atoms. The number of rotatable bonds is 6. The molecule has 0 aliphatic heterocycles. The van der Waals surface area contributed by atoms with Crippen molar-refractivity contribution in [3.05, 3.63) is 86.1 Å². The molecule has 0 heterocycles. The van der Waals surface area contributed by atoms with E-state index in [1.807, 2.05) is 0 Å². The molecular weight excluding hydrogens is 519 g/mol. The summed E-state index contributed by atoms with van der Waals surface area (Å²) < 4.78 is 6.06. The molecule has 0 spiro atoms. The van der Waals surface area contributed by atoms with Crippen LogP contribution in [0, 0.1) is 10.4 Å². The Balaban J connectivity index is 0.00000160. The first kappa shape index (κ1) is 28.3. The first-order chi connectivity index (χ1) is 13.5. The van der Waals surface area contributed by atoms with Crippen molar-refractivity contribution in [2.75, 3.05) is 6.61 Å². The molecule has 161 valence electrons. The van der Waals surface area contributed by atoms with Crippen LogP contribution >= 0.6 is 0 Å². The summed E-state index contributed by atoms with van der Waals surface area (Å²) in [6, 6.07) is 13.1. The summed E-state index contributed by atoms with van der Waals surface area (Å²) in [4.78, 5) is 0. The maximum Gasteiger partial charge on any atom is 3.00 e. The first-order valence-electron chi connectivity index (χ1n) is 10.3. The number of hydrogen-bond donors (Lipinski definition) is 0. The van der Waals surface area contributed by atoms with E-state index < -0.39 is 8.32 Å². The van der Waals surface area contributed by atoms with Gasteiger partial charge in [0.1, 0.15) is 0 Å². The van der Waals surface area contributed by atoms with Crippen LogP contribution in [0.5, 0.6) is 0 Å². The van der Waals surface area contributed by atoms with Crippen LogP contribution in [0.3, 0.4) is 0 Å². The molecule has 0 amide bonds. The van der Waals surface area contributed by atoms with Crippen LogP contribution < -0.4 is 35.3 Å². The zero-order valence-electron chi connectivity index (χ0n) is 18.7. The molecule has 0 saturated carbocycles. The van der Waals surface area contributed by atoms with E-state index in [1.54, 1.807) is 0 Å². The Morgan fingerprint density at radius 1 is 1.03 bits per heavy atom. The maximum atomic E-state index is 6.06. The van der Waals surface area contributed by atoms with Gasteiger partial charge in [0.05, 0.1) is 0 Å². The van der Waals surface area contributed by atoms with Crippen LogP contribution in [0.25, 0.3) is 17.7 Å². The van der Waals surface area contributed by atoms with Gasteiger partial charge in [-0.2, -0.15) is 0 Å². The standard InChI is InChI=1S/C26H29OSi.2ClH.Zr/c1-5-19-15-16-24-22-13-7-6-10-21(22)18-25(24)26(19)23-14-8-11-20(23)12-9-17-27-28(2,3)4;;;/h5-8,10-11,13,15-16H,9,12,14,17H2,1-4H3;2*1H;/q-1;;;+3/p-2. The van der Waals surface area contributed by atoms with E-state index in [4.69, 9.17) is 4.43 Å². The molecule has 0 unspecified atom stereocenters. The van der Waals surface area contributed by atoms with Gasteiger partial charge >= 0.3 is 26.2 Å². The summed E-state index contributed by atoms with van der Waals surface area (Å²) in [5, 5.41) is 5.15. The molecule has 0 saturated heterocycles. The van der Waals surface area contributed by atoms with Gasteiger partial charge in [0, 0.05) is 6.61 Å². The van der Waals surface area contributed by atoms with Gasteiger partial charge in [-0.25, -0.2) is 0 Å². The van der Waals surface area contributed by atoms with Gasteiger partial charge in [-0.3, -0.25) is 0 Å². The van der Waals surface area contributed by atoms with E-state index in [2.05, 4.69) is 87.3 Å². The summed E-state index contributed by atoms with van der Waals surface area (Å²) in [6.45, 7) is 9.77. The molecule has 4 rings (SSSR count). The molecule has 0 atom stereocenters. The van der Waals surface area contributed by atoms with Gasteiger partial charge in [0.2, 0.25) is 0 Å². The molecule has 1 radical (unpaired) electrons. The van der Waals surface area contributed by atoms with E-state index in [-0.39, 0.29) is 51.0 Å². The molecular formula is C26H29Cl2OSiZr. The summed E-state index contributed by atoms with van der Waals surface area (Å²) in [6.07, 6.45) is 13.8. The van der Waals surface area contributed by atoms with Crippen LogP contribution in [-0.4, -0.2) is 14.9 Å². The van der Waals surface area contributed by atoms with Crippen molar-refractivity contribution in [2.24, 2.45) is 0 Å². The molecule has 2 aromatic carbocycles. The summed E-state index contributed by atoms with van der Waals surface area (Å²) in [5.74, 6) is 0. The largest absolute Gasteiger partial charge is 3.00 e. The number of hydrogen-bond acceptors (Lipinski definition) is 1. The molecule has 2 aliphatic carbocycles. The quantitative estimate of drug-likeness (QED) is 0.222. The third kappa shape index (κ3) is 6.21. The van der Waals surface area contributed by atoms with Crippen molar-refractivity contribution in [3.8, 4) is 0 Å². The van der Waals surface area contributed by atoms with Crippen LogP contribution in [0.4, 0.5) is 0 Å². The average molecular weight is 548 g/mol. The molecule has 2 aliphatic rings. The number of allylic oxidation sites excluding steroid dienone is 4. The minimum absolute atomic E-state index is 0. The van der Waals surface area contributed by atoms with Crippen molar-refractivity contribution in [1.82, 2.24) is 0 Å². The SMILES string of the molecule is CC=c1ccc2c(c1C1=C(CCCO[Si](C)(C)C)C=CC1)[C-]=c1ccccc1=2.[Cl-].[Cl-].[Zr+3]. The Morgan fingerprint density at radius 2 is 1.77 bits per heavy atom. The topological polar surface area (TPSA) is 9.23 Å². The predicted molar refractivity (Wildman–Crippen MR) is 122 cm³/mol. The Labute approximate surface area is 218 Å². The smallest absolute Gasteiger partial charge is 1.00 e. The van der Waals surface area contributed by atoms with E-state index in [0.717, 1.165) is 25.9 Å². The molecule has 0 N–H and O–H groups in total. The van der Waals surface area contributed by atoms with Gasteiger partial charge in [-0.05, 0) is 45.8 Å². The third-order valence-corrected chi connectivity index (χ3v) is 6.55. The second-order valence-corrected chi connectivity index (χ2v) is 13.1. The van der Waals surface area contributed by atoms with E-state index in [1.165, 1.54) is 43.1 Å². The van der Waals surface area contributed by atoms with Crippen molar-refractivity contribution in [2.45, 2.75) is 45.8 Å². The third-order valence-electron chi connectivity index (χ3n) is 5.48. The van der Waals surface area contributed by atoms with Gasteiger partial charge in [0.15, 0.2) is 8.32 Å². The van der Waals surface area contributed by atoms with Gasteiger partial charge < -0.3 is 29.2 Å². The molecule has 0 aromatic heterocycles. The van der Waals surface area contributed by atoms with E-state index in [0.29, 0.717) is 0 Å². The van der Waals surface area contributed by atoms with E-state index in [9.17, 15) is 0 Å². The Hall–Kier alpha value is -0.700. The fraction of sp³-hybridized carbons (Fsp3) is 0.308. The fourth-order valence-corrected chi connectivity index (χ4v) is 4.95. The average Bonchev–Trinajstić information content (AvgIpc) is 3.27. The minimum Gasteiger partial charge on any atom is -1.00 e. The van der Waals surface area contributed by atoms with Gasteiger partial charge in [-0.15, -0.1) is 33.4 Å². The summed E-state index contributed by atoms with van der Waals surface area (Å²) >= 11 is 0. The number of halogens is 2. The second-order valence-electron chi connectivity index (χ2n) is 8.59. The molecule has 1 nitrogen and oxygen atoms in total. The van der Waals surface area contributed by atoms with Crippen LogP contribution in [0.2, 0.25) is 19.6 Å². The van der Waals surface area contributed by atoms with Gasteiger partial charge in [-0.1, -0.05) is 70.5 Å². The Morgan fingerprint density at radius 3 is 2.48 bits per heavy atom. The summed E-state index contributed by atoms with van der Waals surface area (Å²) in [5.41, 5.74) is 5.58. The maximum absolute atomic E-state index is 6.06. The molecule has 0 bridgehead atoms. The minimum atomic E-state index is -1.43. The van der Waals surface area contributed by atoms with Crippen LogP contribution in [-0.2, 0) is 30.6 Å². The van der Waals surface area contributed by atoms with Gasteiger partial charge in [0.25, 0.3) is 0 Å². The molecule has 0 fully saturated rings. The number of fused-ring (bicyclic) bond motifs is 2. The molecule has 5 heteroatoms.